The van der Waals surface area contributed by atoms with Crippen LogP contribution in [0.2, 0.25) is 0 Å². The minimum absolute atomic E-state index is 0.0242. The molecule has 0 radical (unpaired) electrons. The Morgan fingerprint density at radius 3 is 2.47 bits per heavy atom. The number of carbonyl (C=O) groups excluding carboxylic acids is 1. The number of aliphatic hydroxyl groups excluding tert-OH is 1. The van der Waals surface area contributed by atoms with E-state index in [1.165, 1.54) is 4.90 Å². The molecule has 1 saturated heterocycles. The second-order valence-electron chi connectivity index (χ2n) is 6.52. The van der Waals surface area contributed by atoms with Gasteiger partial charge in [-0.15, -0.1) is 0 Å². The van der Waals surface area contributed by atoms with Crippen LogP contribution < -0.4 is 5.73 Å². The lowest BCUT2D eigenvalue weighted by atomic mass is 9.87. The van der Waals surface area contributed by atoms with Crippen molar-refractivity contribution in [3.8, 4) is 0 Å². The van der Waals surface area contributed by atoms with Crippen molar-refractivity contribution in [3.05, 3.63) is 0 Å². The molecule has 19 heavy (non-hydrogen) atoms. The van der Waals surface area contributed by atoms with Crippen LogP contribution in [0.1, 0.15) is 40.0 Å². The van der Waals surface area contributed by atoms with Gasteiger partial charge >= 0.3 is 5.97 Å². The van der Waals surface area contributed by atoms with E-state index in [1.54, 1.807) is 0 Å². The predicted molar refractivity (Wildman–Crippen MR) is 70.4 cm³/mol. The van der Waals surface area contributed by atoms with Crippen molar-refractivity contribution in [2.45, 2.75) is 58.2 Å². The summed E-state index contributed by atoms with van der Waals surface area (Å²) < 4.78 is 0. The van der Waals surface area contributed by atoms with Crippen LogP contribution in [-0.2, 0) is 9.59 Å². The molecule has 1 aliphatic heterocycles. The number of amides is 1. The number of likely N-dealkylation sites (tertiary alicyclic amines) is 1. The van der Waals surface area contributed by atoms with E-state index in [0.717, 1.165) is 0 Å². The number of carboxylic acid groups (broad SMARTS) is 1. The van der Waals surface area contributed by atoms with Gasteiger partial charge in [0, 0.05) is 25.4 Å². The van der Waals surface area contributed by atoms with Gasteiger partial charge in [-0.25, -0.2) is 4.79 Å². The number of aliphatic hydroxyl groups is 1. The van der Waals surface area contributed by atoms with E-state index < -0.39 is 18.1 Å². The van der Waals surface area contributed by atoms with E-state index in [9.17, 15) is 14.7 Å². The third-order valence-corrected chi connectivity index (χ3v) is 3.20. The molecule has 1 amide bonds. The minimum Gasteiger partial charge on any atom is -0.480 e. The monoisotopic (exact) mass is 272 g/mol. The number of nitrogens with zero attached hydrogens (tertiary/aromatic N) is 1. The maximum atomic E-state index is 12.1. The van der Waals surface area contributed by atoms with Crippen LogP contribution >= 0.6 is 0 Å². The second-order valence-corrected chi connectivity index (χ2v) is 6.52. The molecule has 0 aromatic heterocycles. The molecule has 1 fully saturated rings. The molecule has 110 valence electrons. The molecule has 0 bridgehead atoms. The molecular weight excluding hydrogens is 248 g/mol. The van der Waals surface area contributed by atoms with Crippen LogP contribution in [0.3, 0.4) is 0 Å². The normalized spacial score (nSPS) is 25.4. The predicted octanol–water partition coefficient (Wildman–Crippen LogP) is 0.186. The maximum Gasteiger partial charge on any atom is 0.326 e. The van der Waals surface area contributed by atoms with Crippen molar-refractivity contribution in [2.24, 2.45) is 11.1 Å². The molecule has 1 unspecified atom stereocenters. The highest BCUT2D eigenvalue weighted by atomic mass is 16.4. The van der Waals surface area contributed by atoms with E-state index in [2.05, 4.69) is 0 Å². The number of carbonyl (C=O) groups is 2. The Morgan fingerprint density at radius 1 is 1.42 bits per heavy atom. The largest absolute Gasteiger partial charge is 0.480 e. The molecule has 3 atom stereocenters. The van der Waals surface area contributed by atoms with Gasteiger partial charge in [-0.2, -0.15) is 0 Å². The summed E-state index contributed by atoms with van der Waals surface area (Å²) in [7, 11) is 0. The lowest BCUT2D eigenvalue weighted by molar-refractivity contribution is -0.148. The first-order valence-corrected chi connectivity index (χ1v) is 6.56. The van der Waals surface area contributed by atoms with Crippen molar-refractivity contribution in [1.82, 2.24) is 4.90 Å². The molecule has 6 nitrogen and oxygen atoms in total. The van der Waals surface area contributed by atoms with Crippen molar-refractivity contribution < 1.29 is 19.8 Å². The summed E-state index contributed by atoms with van der Waals surface area (Å²) in [6, 6.07) is -1.22. The summed E-state index contributed by atoms with van der Waals surface area (Å²) in [5.74, 6) is -1.37. The molecule has 1 aliphatic rings. The van der Waals surface area contributed by atoms with Gasteiger partial charge in [-0.1, -0.05) is 20.8 Å². The molecule has 0 aliphatic carbocycles. The number of aliphatic carboxylic acids is 1. The Balaban J connectivity index is 2.59. The van der Waals surface area contributed by atoms with Crippen LogP contribution in [0.25, 0.3) is 0 Å². The van der Waals surface area contributed by atoms with E-state index in [1.807, 2.05) is 20.8 Å². The van der Waals surface area contributed by atoms with Gasteiger partial charge in [0.2, 0.25) is 5.91 Å². The first kappa shape index (κ1) is 15.9. The van der Waals surface area contributed by atoms with Crippen LogP contribution in [0.15, 0.2) is 0 Å². The van der Waals surface area contributed by atoms with Crippen molar-refractivity contribution in [2.75, 3.05) is 6.54 Å². The summed E-state index contributed by atoms with van der Waals surface area (Å²) in [4.78, 5) is 24.3. The van der Waals surface area contributed by atoms with Gasteiger partial charge in [0.15, 0.2) is 0 Å². The number of carboxylic acids is 1. The SMILES string of the molecule is CC(C)(C)CC(N)CC(=O)N1C[C@H](O)C[C@H]1C(=O)O. The molecule has 1 heterocycles. The smallest absolute Gasteiger partial charge is 0.326 e. The Labute approximate surface area is 113 Å². The lowest BCUT2D eigenvalue weighted by Crippen LogP contribution is -2.43. The molecule has 4 N–H and O–H groups in total. The molecular formula is C13H24N2O4. The van der Waals surface area contributed by atoms with Gasteiger partial charge < -0.3 is 20.8 Å². The van der Waals surface area contributed by atoms with Crippen LogP contribution in [0, 0.1) is 5.41 Å². The van der Waals surface area contributed by atoms with Crippen molar-refractivity contribution >= 4 is 11.9 Å². The number of rotatable bonds is 4. The average molecular weight is 272 g/mol. The van der Waals surface area contributed by atoms with Crippen LogP contribution in [0.4, 0.5) is 0 Å². The standard InChI is InChI=1S/C13H24N2O4/c1-13(2,3)6-8(14)4-11(17)15-7-9(16)5-10(15)12(18)19/h8-10,16H,4-7,14H2,1-3H3,(H,18,19)/t8?,9-,10+/m1/s1. The highest BCUT2D eigenvalue weighted by Gasteiger charge is 2.39. The van der Waals surface area contributed by atoms with E-state index in [-0.39, 0.29) is 36.8 Å². The highest BCUT2D eigenvalue weighted by Crippen LogP contribution is 2.23. The third-order valence-electron chi connectivity index (χ3n) is 3.20. The van der Waals surface area contributed by atoms with Gasteiger partial charge in [0.1, 0.15) is 6.04 Å². The highest BCUT2D eigenvalue weighted by molar-refractivity contribution is 5.84. The fourth-order valence-electron chi connectivity index (χ4n) is 2.52. The van der Waals surface area contributed by atoms with Crippen molar-refractivity contribution in [1.29, 1.82) is 0 Å². The summed E-state index contributed by atoms with van der Waals surface area (Å²) in [6.45, 7) is 6.20. The first-order valence-electron chi connectivity index (χ1n) is 6.56. The summed E-state index contributed by atoms with van der Waals surface area (Å²) in [6.07, 6.45) is 0.139. The minimum atomic E-state index is -1.07. The van der Waals surface area contributed by atoms with Gasteiger partial charge in [-0.05, 0) is 11.8 Å². The van der Waals surface area contributed by atoms with Gasteiger partial charge in [0.05, 0.1) is 6.10 Å². The number of β-amino-alcohol motifs (C(OH)–C–C–N with tert-alkyl or cyclic N) is 1. The van der Waals surface area contributed by atoms with E-state index >= 15 is 0 Å². The first-order chi connectivity index (χ1) is 8.60. The third kappa shape index (κ3) is 4.80. The number of hydrogen-bond donors (Lipinski definition) is 3. The Morgan fingerprint density at radius 2 is 2.00 bits per heavy atom. The lowest BCUT2D eigenvalue weighted by Gasteiger charge is -2.26. The number of nitrogens with two attached hydrogens (primary N) is 1. The molecule has 0 saturated carbocycles. The Hall–Kier alpha value is -1.14. The maximum absolute atomic E-state index is 12.1. The van der Waals surface area contributed by atoms with Gasteiger partial charge in [0.25, 0.3) is 0 Å². The molecule has 1 rings (SSSR count). The Bertz CT molecular complexity index is 351. The van der Waals surface area contributed by atoms with Gasteiger partial charge in [-0.3, -0.25) is 4.79 Å². The van der Waals surface area contributed by atoms with E-state index in [4.69, 9.17) is 10.8 Å². The fourth-order valence-corrected chi connectivity index (χ4v) is 2.52. The zero-order chi connectivity index (χ0) is 14.8. The van der Waals surface area contributed by atoms with Crippen LogP contribution in [-0.4, -0.2) is 51.7 Å². The number of hydrogen-bond acceptors (Lipinski definition) is 4. The molecule has 6 heteroatoms. The molecule has 0 aromatic carbocycles. The summed E-state index contributed by atoms with van der Waals surface area (Å²) in [5.41, 5.74) is 5.95. The quantitative estimate of drug-likeness (QED) is 0.677. The molecule has 0 spiro atoms. The average Bonchev–Trinajstić information content (AvgIpc) is 2.57. The summed E-state index contributed by atoms with van der Waals surface area (Å²) in [5, 5.41) is 18.5. The Kier molecular flexibility index (Phi) is 4.92. The summed E-state index contributed by atoms with van der Waals surface area (Å²) >= 11 is 0. The second kappa shape index (κ2) is 5.88. The topological polar surface area (TPSA) is 104 Å². The van der Waals surface area contributed by atoms with Crippen LogP contribution in [0.5, 0.6) is 0 Å². The molecule has 0 aromatic rings. The zero-order valence-electron chi connectivity index (χ0n) is 11.8. The van der Waals surface area contributed by atoms with Crippen molar-refractivity contribution in [3.63, 3.8) is 0 Å². The fraction of sp³-hybridized carbons (Fsp3) is 0.846. The van der Waals surface area contributed by atoms with E-state index in [0.29, 0.717) is 6.42 Å². The zero-order valence-corrected chi connectivity index (χ0v) is 11.8.